The second-order valence-electron chi connectivity index (χ2n) is 8.19. The van der Waals surface area contributed by atoms with E-state index in [2.05, 4.69) is 26.9 Å². The number of nitrogen functional groups attached to an aromatic ring is 1. The number of para-hydroxylation sites is 1. The fourth-order valence-electron chi connectivity index (χ4n) is 4.01. The Kier molecular flexibility index (Phi) is 7.11. The van der Waals surface area contributed by atoms with E-state index in [0.717, 1.165) is 16.4 Å². The van der Waals surface area contributed by atoms with E-state index in [0.29, 0.717) is 28.5 Å². The van der Waals surface area contributed by atoms with E-state index in [1.807, 2.05) is 55.5 Å². The molecule has 4 heterocycles. The molecule has 0 unspecified atom stereocenters. The first-order chi connectivity index (χ1) is 19.0. The Labute approximate surface area is 226 Å². The number of amides is 1. The second kappa shape index (κ2) is 11.0. The fourth-order valence-corrected chi connectivity index (χ4v) is 4.47. The number of hydrogen-bond acceptors (Lipinski definition) is 8. The third-order valence-electron chi connectivity index (χ3n) is 5.72. The number of benzene rings is 2. The van der Waals surface area contributed by atoms with Gasteiger partial charge in [-0.15, -0.1) is 16.4 Å². The van der Waals surface area contributed by atoms with E-state index in [1.165, 1.54) is 15.9 Å². The summed E-state index contributed by atoms with van der Waals surface area (Å²) in [5.74, 6) is 6.41. The van der Waals surface area contributed by atoms with Gasteiger partial charge in [0.2, 0.25) is 0 Å². The van der Waals surface area contributed by atoms with Gasteiger partial charge in [0.25, 0.3) is 11.5 Å². The highest BCUT2D eigenvalue weighted by molar-refractivity contribution is 7.10. The first kappa shape index (κ1) is 25.3. The highest BCUT2D eigenvalue weighted by Gasteiger charge is 2.16. The molecule has 0 spiro atoms. The SMILES string of the molecule is CCc1nc2cccc(C#Cc3cncs3)c2c(=O)n1-c1ccccc1.NC(=O)c1c(N)nn2cccnc12. The third kappa shape index (κ3) is 5.09. The van der Waals surface area contributed by atoms with Crippen molar-refractivity contribution in [1.82, 2.24) is 29.1 Å². The van der Waals surface area contributed by atoms with E-state index in [1.54, 1.807) is 34.7 Å². The maximum absolute atomic E-state index is 13.3. The molecule has 1 amide bonds. The number of rotatable bonds is 3. The Morgan fingerprint density at radius 3 is 2.62 bits per heavy atom. The molecule has 0 aliphatic carbocycles. The first-order valence-corrected chi connectivity index (χ1v) is 12.7. The van der Waals surface area contributed by atoms with E-state index in [4.69, 9.17) is 16.5 Å². The van der Waals surface area contributed by atoms with Crippen LogP contribution < -0.4 is 17.0 Å². The highest BCUT2D eigenvalue weighted by Crippen LogP contribution is 2.17. The molecular formula is C28H22N8O2S. The summed E-state index contributed by atoms with van der Waals surface area (Å²) in [5, 5.41) is 4.41. The number of nitrogens with two attached hydrogens (primary N) is 2. The van der Waals surface area contributed by atoms with Gasteiger partial charge in [0, 0.05) is 24.4 Å². The molecule has 2 aromatic carbocycles. The van der Waals surface area contributed by atoms with Gasteiger partial charge >= 0.3 is 0 Å². The minimum atomic E-state index is -0.619. The zero-order valence-electron chi connectivity index (χ0n) is 20.8. The van der Waals surface area contributed by atoms with Gasteiger partial charge in [-0.1, -0.05) is 37.1 Å². The van der Waals surface area contributed by atoms with E-state index < -0.39 is 5.91 Å². The van der Waals surface area contributed by atoms with Crippen LogP contribution in [-0.4, -0.2) is 35.0 Å². The van der Waals surface area contributed by atoms with Crippen molar-refractivity contribution in [1.29, 1.82) is 0 Å². The molecular weight excluding hydrogens is 512 g/mol. The number of carbonyl (C=O) groups is 1. The van der Waals surface area contributed by atoms with E-state index in [9.17, 15) is 9.59 Å². The van der Waals surface area contributed by atoms with Crippen LogP contribution in [-0.2, 0) is 6.42 Å². The number of carbonyl (C=O) groups excluding carboxylic acids is 1. The summed E-state index contributed by atoms with van der Waals surface area (Å²) in [6, 6.07) is 16.9. The quantitative estimate of drug-likeness (QED) is 0.331. The number of anilines is 1. The summed E-state index contributed by atoms with van der Waals surface area (Å²) in [7, 11) is 0. The van der Waals surface area contributed by atoms with Crippen molar-refractivity contribution in [3.63, 3.8) is 0 Å². The Morgan fingerprint density at radius 2 is 1.90 bits per heavy atom. The molecule has 0 aliphatic heterocycles. The van der Waals surface area contributed by atoms with Crippen LogP contribution in [0, 0.1) is 11.8 Å². The lowest BCUT2D eigenvalue weighted by Crippen LogP contribution is -2.24. The molecule has 192 valence electrons. The van der Waals surface area contributed by atoms with Crippen molar-refractivity contribution in [2.75, 3.05) is 5.73 Å². The summed E-state index contributed by atoms with van der Waals surface area (Å²) < 4.78 is 3.09. The Hall–Kier alpha value is -5.34. The molecule has 0 fully saturated rings. The first-order valence-electron chi connectivity index (χ1n) is 11.9. The van der Waals surface area contributed by atoms with Crippen LogP contribution in [0.1, 0.15) is 33.5 Å². The molecule has 0 bridgehead atoms. The third-order valence-corrected chi connectivity index (χ3v) is 6.41. The molecule has 39 heavy (non-hydrogen) atoms. The molecule has 0 saturated carbocycles. The van der Waals surface area contributed by atoms with Crippen molar-refractivity contribution in [3.05, 3.63) is 111 Å². The smallest absolute Gasteiger partial charge is 0.267 e. The van der Waals surface area contributed by atoms with Gasteiger partial charge in [0.15, 0.2) is 11.5 Å². The van der Waals surface area contributed by atoms with Crippen LogP contribution >= 0.6 is 11.3 Å². The molecule has 4 aromatic heterocycles. The molecule has 0 radical (unpaired) electrons. The van der Waals surface area contributed by atoms with Crippen molar-refractivity contribution in [2.45, 2.75) is 13.3 Å². The largest absolute Gasteiger partial charge is 0.381 e. The normalized spacial score (nSPS) is 10.5. The number of hydrogen-bond donors (Lipinski definition) is 2. The maximum atomic E-state index is 13.3. The van der Waals surface area contributed by atoms with Crippen molar-refractivity contribution in [3.8, 4) is 17.5 Å². The zero-order chi connectivity index (χ0) is 27.4. The van der Waals surface area contributed by atoms with Crippen molar-refractivity contribution >= 4 is 39.6 Å². The number of thiazole rings is 1. The number of primary amides is 1. The number of aromatic nitrogens is 6. The van der Waals surface area contributed by atoms with Gasteiger partial charge in [-0.3, -0.25) is 19.1 Å². The van der Waals surface area contributed by atoms with E-state index in [-0.39, 0.29) is 16.9 Å². The predicted octanol–water partition coefficient (Wildman–Crippen LogP) is 3.21. The predicted molar refractivity (Wildman–Crippen MR) is 151 cm³/mol. The lowest BCUT2D eigenvalue weighted by molar-refractivity contribution is 0.100. The minimum absolute atomic E-state index is 0.0905. The zero-order valence-corrected chi connectivity index (χ0v) is 21.6. The monoisotopic (exact) mass is 534 g/mol. The van der Waals surface area contributed by atoms with Crippen LogP contribution in [0.25, 0.3) is 22.2 Å². The van der Waals surface area contributed by atoms with Crippen LogP contribution in [0.5, 0.6) is 0 Å². The van der Waals surface area contributed by atoms with Crippen molar-refractivity contribution < 1.29 is 4.79 Å². The van der Waals surface area contributed by atoms with Gasteiger partial charge in [-0.2, -0.15) is 0 Å². The minimum Gasteiger partial charge on any atom is -0.381 e. The van der Waals surface area contributed by atoms with Gasteiger partial charge in [0.1, 0.15) is 11.4 Å². The number of aryl methyl sites for hydroxylation is 1. The highest BCUT2D eigenvalue weighted by atomic mass is 32.1. The van der Waals surface area contributed by atoms with Gasteiger partial charge in [0.05, 0.1) is 33.2 Å². The molecule has 0 atom stereocenters. The second-order valence-corrected chi connectivity index (χ2v) is 9.07. The Bertz CT molecular complexity index is 1920. The summed E-state index contributed by atoms with van der Waals surface area (Å²) in [5.41, 5.74) is 15.0. The molecule has 0 saturated heterocycles. The van der Waals surface area contributed by atoms with Gasteiger partial charge in [-0.25, -0.2) is 14.5 Å². The number of fused-ring (bicyclic) bond motifs is 2. The molecule has 6 aromatic rings. The average molecular weight is 535 g/mol. The molecule has 6 rings (SSSR count). The van der Waals surface area contributed by atoms with Crippen molar-refractivity contribution in [2.24, 2.45) is 5.73 Å². The molecule has 0 aliphatic rings. The summed E-state index contributed by atoms with van der Waals surface area (Å²) >= 11 is 1.47. The maximum Gasteiger partial charge on any atom is 0.267 e. The summed E-state index contributed by atoms with van der Waals surface area (Å²) in [4.78, 5) is 37.8. The topological polar surface area (TPSA) is 147 Å². The van der Waals surface area contributed by atoms with Crippen LogP contribution in [0.4, 0.5) is 5.82 Å². The molecule has 11 heteroatoms. The summed E-state index contributed by atoms with van der Waals surface area (Å²) in [6.07, 6.45) is 5.57. The van der Waals surface area contributed by atoms with E-state index >= 15 is 0 Å². The lowest BCUT2D eigenvalue weighted by Gasteiger charge is -2.13. The standard InChI is InChI=1S/C21H15N3OS.C7H7N5O/c1-2-19-23-18-10-6-7-15(11-12-17-13-22-14-26-17)20(18)21(25)24(19)16-8-4-3-5-9-16;8-5-4(6(9)13)7-10-2-1-3-12(7)11-5/h3-10,13-14H,2H2,1H3;1-3H,(H2,8,11)(H2,9,13). The summed E-state index contributed by atoms with van der Waals surface area (Å²) in [6.45, 7) is 2.00. The number of nitrogens with zero attached hydrogens (tertiary/aromatic N) is 6. The van der Waals surface area contributed by atoms with Gasteiger partial charge < -0.3 is 11.5 Å². The Morgan fingerprint density at radius 1 is 1.08 bits per heavy atom. The van der Waals surface area contributed by atoms with Crippen LogP contribution in [0.15, 0.2) is 83.5 Å². The fraction of sp³-hybridized carbons (Fsp3) is 0.0714. The van der Waals surface area contributed by atoms with Crippen LogP contribution in [0.3, 0.4) is 0 Å². The lowest BCUT2D eigenvalue weighted by atomic mass is 10.1. The Balaban J connectivity index is 0.000000198. The van der Waals surface area contributed by atoms with Gasteiger partial charge in [-0.05, 0) is 36.3 Å². The average Bonchev–Trinajstić information content (AvgIpc) is 3.59. The molecule has 4 N–H and O–H groups in total. The van der Waals surface area contributed by atoms with Crippen LogP contribution in [0.2, 0.25) is 0 Å². The molecule has 10 nitrogen and oxygen atoms in total.